The van der Waals surface area contributed by atoms with Gasteiger partial charge < -0.3 is 5.32 Å². The normalized spacial score (nSPS) is 29.6. The van der Waals surface area contributed by atoms with Gasteiger partial charge in [0.1, 0.15) is 0 Å². The molecule has 0 bridgehead atoms. The standard InChI is InChI=1S/C16H24N2/c1-13-6-9-17-12-16(13)18-10-7-14-4-2-3-5-15(14)8-11-18/h2-5,13,16-17H,6-12H2,1H3. The lowest BCUT2D eigenvalue weighted by molar-refractivity contribution is 0.127. The van der Waals surface area contributed by atoms with Gasteiger partial charge in [0.2, 0.25) is 0 Å². The van der Waals surface area contributed by atoms with Gasteiger partial charge in [-0.15, -0.1) is 0 Å². The van der Waals surface area contributed by atoms with Gasteiger partial charge in [-0.2, -0.15) is 0 Å². The molecule has 0 aromatic heterocycles. The zero-order valence-corrected chi connectivity index (χ0v) is 11.4. The molecule has 2 atom stereocenters. The van der Waals surface area contributed by atoms with Crippen molar-refractivity contribution in [2.45, 2.75) is 32.2 Å². The summed E-state index contributed by atoms with van der Waals surface area (Å²) in [4.78, 5) is 2.72. The molecule has 18 heavy (non-hydrogen) atoms. The maximum absolute atomic E-state index is 3.56. The summed E-state index contributed by atoms with van der Waals surface area (Å²) in [6.07, 6.45) is 3.77. The van der Waals surface area contributed by atoms with Crippen LogP contribution in [-0.4, -0.2) is 37.1 Å². The van der Waals surface area contributed by atoms with E-state index in [-0.39, 0.29) is 0 Å². The van der Waals surface area contributed by atoms with Gasteiger partial charge in [-0.05, 0) is 42.9 Å². The van der Waals surface area contributed by atoms with Crippen molar-refractivity contribution in [3.63, 3.8) is 0 Å². The molecule has 0 aliphatic carbocycles. The zero-order chi connectivity index (χ0) is 12.4. The first-order valence-electron chi connectivity index (χ1n) is 7.36. The van der Waals surface area contributed by atoms with E-state index in [4.69, 9.17) is 0 Å². The van der Waals surface area contributed by atoms with E-state index in [1.165, 1.54) is 45.4 Å². The lowest BCUT2D eigenvalue weighted by Crippen LogP contribution is -2.51. The van der Waals surface area contributed by atoms with E-state index >= 15 is 0 Å². The highest BCUT2D eigenvalue weighted by atomic mass is 15.2. The van der Waals surface area contributed by atoms with Crippen LogP contribution in [0.3, 0.4) is 0 Å². The molecular weight excluding hydrogens is 220 g/mol. The third-order valence-electron chi connectivity index (χ3n) is 4.71. The molecule has 0 amide bonds. The van der Waals surface area contributed by atoms with Crippen LogP contribution >= 0.6 is 0 Å². The zero-order valence-electron chi connectivity index (χ0n) is 11.4. The molecule has 1 aromatic rings. The molecule has 2 nitrogen and oxygen atoms in total. The molecule has 2 unspecified atom stereocenters. The summed E-state index contributed by atoms with van der Waals surface area (Å²) in [5.74, 6) is 0.840. The fraction of sp³-hybridized carbons (Fsp3) is 0.625. The molecular formula is C16H24N2. The van der Waals surface area contributed by atoms with Crippen LogP contribution in [0.15, 0.2) is 24.3 Å². The fourth-order valence-corrected chi connectivity index (χ4v) is 3.48. The maximum Gasteiger partial charge on any atom is 0.0246 e. The van der Waals surface area contributed by atoms with Crippen LogP contribution in [0.5, 0.6) is 0 Å². The highest BCUT2D eigenvalue weighted by Crippen LogP contribution is 2.22. The second-order valence-electron chi connectivity index (χ2n) is 5.84. The quantitative estimate of drug-likeness (QED) is 0.814. The van der Waals surface area contributed by atoms with Crippen molar-refractivity contribution in [1.82, 2.24) is 10.2 Å². The first-order valence-corrected chi connectivity index (χ1v) is 7.36. The Hall–Kier alpha value is -0.860. The van der Waals surface area contributed by atoms with E-state index in [9.17, 15) is 0 Å². The molecule has 0 spiro atoms. The number of piperidine rings is 1. The van der Waals surface area contributed by atoms with Crippen LogP contribution in [0.2, 0.25) is 0 Å². The second kappa shape index (κ2) is 5.41. The van der Waals surface area contributed by atoms with Crippen molar-refractivity contribution in [2.75, 3.05) is 26.2 Å². The Labute approximate surface area is 110 Å². The van der Waals surface area contributed by atoms with E-state index in [1.54, 1.807) is 11.1 Å². The minimum atomic E-state index is 0.744. The summed E-state index contributed by atoms with van der Waals surface area (Å²) < 4.78 is 0. The third kappa shape index (κ3) is 2.45. The summed E-state index contributed by atoms with van der Waals surface area (Å²) in [5, 5.41) is 3.56. The monoisotopic (exact) mass is 244 g/mol. The average molecular weight is 244 g/mol. The van der Waals surface area contributed by atoms with Gasteiger partial charge in [0.05, 0.1) is 0 Å². The summed E-state index contributed by atoms with van der Waals surface area (Å²) in [7, 11) is 0. The summed E-state index contributed by atoms with van der Waals surface area (Å²) in [5.41, 5.74) is 3.13. The Kier molecular flexibility index (Phi) is 3.67. The van der Waals surface area contributed by atoms with E-state index in [1.807, 2.05) is 0 Å². The molecule has 1 fully saturated rings. The predicted molar refractivity (Wildman–Crippen MR) is 75.9 cm³/mol. The smallest absolute Gasteiger partial charge is 0.0246 e. The van der Waals surface area contributed by atoms with Crippen molar-refractivity contribution in [3.8, 4) is 0 Å². The first kappa shape index (κ1) is 12.2. The van der Waals surface area contributed by atoms with Crippen LogP contribution < -0.4 is 5.32 Å². The maximum atomic E-state index is 3.56. The predicted octanol–water partition coefficient (Wildman–Crippen LogP) is 2.09. The van der Waals surface area contributed by atoms with Gasteiger partial charge in [0.15, 0.2) is 0 Å². The second-order valence-corrected chi connectivity index (χ2v) is 5.84. The number of fused-ring (bicyclic) bond motifs is 1. The minimum absolute atomic E-state index is 0.744. The van der Waals surface area contributed by atoms with Crippen LogP contribution in [0.25, 0.3) is 0 Å². The van der Waals surface area contributed by atoms with Crippen LogP contribution in [0, 0.1) is 5.92 Å². The fourth-order valence-electron chi connectivity index (χ4n) is 3.48. The highest BCUT2D eigenvalue weighted by Gasteiger charge is 2.27. The van der Waals surface area contributed by atoms with Gasteiger partial charge in [-0.1, -0.05) is 31.2 Å². The molecule has 98 valence electrons. The van der Waals surface area contributed by atoms with E-state index in [0.717, 1.165) is 12.0 Å². The van der Waals surface area contributed by atoms with Gasteiger partial charge >= 0.3 is 0 Å². The number of nitrogens with zero attached hydrogens (tertiary/aromatic N) is 1. The molecule has 1 N–H and O–H groups in total. The molecule has 0 saturated carbocycles. The Bertz CT molecular complexity index is 375. The van der Waals surface area contributed by atoms with Crippen molar-refractivity contribution >= 4 is 0 Å². The van der Waals surface area contributed by atoms with Crippen LogP contribution in [0.1, 0.15) is 24.5 Å². The van der Waals surface area contributed by atoms with Crippen molar-refractivity contribution < 1.29 is 0 Å². The Morgan fingerprint density at radius 2 is 1.78 bits per heavy atom. The summed E-state index contributed by atoms with van der Waals surface area (Å²) in [6.45, 7) is 7.26. The molecule has 1 saturated heterocycles. The van der Waals surface area contributed by atoms with Crippen LogP contribution in [0.4, 0.5) is 0 Å². The lowest BCUT2D eigenvalue weighted by Gasteiger charge is -2.38. The Balaban J connectivity index is 1.70. The van der Waals surface area contributed by atoms with E-state index in [0.29, 0.717) is 0 Å². The van der Waals surface area contributed by atoms with Gasteiger partial charge in [-0.25, -0.2) is 0 Å². The topological polar surface area (TPSA) is 15.3 Å². The molecule has 1 aromatic carbocycles. The lowest BCUT2D eigenvalue weighted by atomic mass is 9.93. The number of nitrogens with one attached hydrogen (secondary N) is 1. The summed E-state index contributed by atoms with van der Waals surface area (Å²) in [6, 6.07) is 9.72. The van der Waals surface area contributed by atoms with Crippen molar-refractivity contribution in [2.24, 2.45) is 5.92 Å². The minimum Gasteiger partial charge on any atom is -0.315 e. The molecule has 0 radical (unpaired) electrons. The van der Waals surface area contributed by atoms with Gasteiger partial charge in [-0.3, -0.25) is 4.90 Å². The Morgan fingerprint density at radius 3 is 2.39 bits per heavy atom. The van der Waals surface area contributed by atoms with E-state index < -0.39 is 0 Å². The van der Waals surface area contributed by atoms with Crippen molar-refractivity contribution in [1.29, 1.82) is 0 Å². The van der Waals surface area contributed by atoms with E-state index in [2.05, 4.69) is 41.4 Å². The highest BCUT2D eigenvalue weighted by molar-refractivity contribution is 5.28. The number of hydrogen-bond donors (Lipinski definition) is 1. The largest absolute Gasteiger partial charge is 0.315 e. The average Bonchev–Trinajstić information content (AvgIpc) is 2.62. The number of benzene rings is 1. The molecule has 2 aliphatic heterocycles. The van der Waals surface area contributed by atoms with Crippen molar-refractivity contribution in [3.05, 3.63) is 35.4 Å². The molecule has 2 heteroatoms. The number of hydrogen-bond acceptors (Lipinski definition) is 2. The van der Waals surface area contributed by atoms with Gasteiger partial charge in [0, 0.05) is 25.7 Å². The summed E-state index contributed by atoms with van der Waals surface area (Å²) >= 11 is 0. The Morgan fingerprint density at radius 1 is 1.11 bits per heavy atom. The van der Waals surface area contributed by atoms with Crippen LogP contribution in [-0.2, 0) is 12.8 Å². The molecule has 2 aliphatic rings. The molecule has 3 rings (SSSR count). The first-order chi connectivity index (χ1) is 8.84. The third-order valence-corrected chi connectivity index (χ3v) is 4.71. The SMILES string of the molecule is CC1CCNCC1N1CCc2ccccc2CC1. The van der Waals surface area contributed by atoms with Gasteiger partial charge in [0.25, 0.3) is 0 Å². The molecule has 2 heterocycles. The number of rotatable bonds is 1.